The lowest BCUT2D eigenvalue weighted by Gasteiger charge is -2.32. The van der Waals surface area contributed by atoms with E-state index in [0.29, 0.717) is 0 Å². The first-order chi connectivity index (χ1) is 13.7. The van der Waals surface area contributed by atoms with Crippen molar-refractivity contribution < 1.29 is 9.13 Å². The molecule has 0 N–H and O–H groups in total. The van der Waals surface area contributed by atoms with Gasteiger partial charge in [0.1, 0.15) is 16.5 Å². The van der Waals surface area contributed by atoms with E-state index in [0.717, 1.165) is 0 Å². The van der Waals surface area contributed by atoms with Gasteiger partial charge in [0.25, 0.3) is 0 Å². The van der Waals surface area contributed by atoms with Crippen molar-refractivity contribution in [2.75, 3.05) is 0 Å². The molecule has 4 aromatic rings. The lowest BCUT2D eigenvalue weighted by atomic mass is 9.79. The van der Waals surface area contributed by atoms with Gasteiger partial charge in [0.2, 0.25) is 22.8 Å². The highest BCUT2D eigenvalue weighted by Gasteiger charge is 2.72. The number of hydrogen-bond acceptors (Lipinski definition) is 0. The quantitative estimate of drug-likeness (QED) is 0.359. The predicted molar refractivity (Wildman–Crippen MR) is 108 cm³/mol. The van der Waals surface area contributed by atoms with Crippen molar-refractivity contribution in [1.82, 2.24) is 0 Å². The number of nitrogens with zero attached hydrogens (tertiary/aromatic N) is 2. The van der Waals surface area contributed by atoms with Crippen molar-refractivity contribution in [2.24, 2.45) is 0 Å². The van der Waals surface area contributed by atoms with Crippen molar-refractivity contribution >= 4 is 0 Å². The fraction of sp³-hybridized carbons (Fsp3) is 0.154. The number of rotatable bonds is 0. The van der Waals surface area contributed by atoms with Gasteiger partial charge >= 0.3 is 5.66 Å². The summed E-state index contributed by atoms with van der Waals surface area (Å²) in [5.74, 6) is 0. The van der Waals surface area contributed by atoms with Crippen LogP contribution in [0.3, 0.4) is 0 Å². The summed E-state index contributed by atoms with van der Waals surface area (Å²) in [7, 11) is 0. The van der Waals surface area contributed by atoms with E-state index in [4.69, 9.17) is 0 Å². The van der Waals surface area contributed by atoms with Crippen LogP contribution in [0.25, 0.3) is 22.5 Å². The monoisotopic (exact) mass is 360 g/mol. The molecule has 7 rings (SSSR count). The first-order valence-electron chi connectivity index (χ1n) is 9.98. The molecule has 3 aliphatic rings. The highest BCUT2D eigenvalue weighted by atomic mass is 15.3. The average Bonchev–Trinajstić information content (AvgIpc) is 3.20. The minimum Gasteiger partial charge on any atom is -0.121 e. The van der Waals surface area contributed by atoms with Crippen LogP contribution in [0.4, 0.5) is 0 Å². The van der Waals surface area contributed by atoms with Crippen LogP contribution in [0, 0.1) is 0 Å². The molecule has 5 heterocycles. The van der Waals surface area contributed by atoms with E-state index in [1.165, 1.54) is 45.0 Å². The second-order valence-electron chi connectivity index (χ2n) is 8.65. The lowest BCUT2D eigenvalue weighted by Crippen LogP contribution is -2.79. The number of pyridine rings is 2. The Labute approximate surface area is 164 Å². The lowest BCUT2D eigenvalue weighted by molar-refractivity contribution is -0.972. The smallest absolute Gasteiger partial charge is 0.121 e. The van der Waals surface area contributed by atoms with Crippen molar-refractivity contribution in [1.29, 1.82) is 0 Å². The predicted octanol–water partition coefficient (Wildman–Crippen LogP) is 4.16. The molecule has 2 nitrogen and oxygen atoms in total. The topological polar surface area (TPSA) is 7.76 Å². The first-order valence-corrected chi connectivity index (χ1v) is 9.98. The van der Waals surface area contributed by atoms with Crippen molar-refractivity contribution in [3.8, 4) is 22.5 Å². The van der Waals surface area contributed by atoms with Crippen LogP contribution in [0.1, 0.15) is 36.4 Å². The summed E-state index contributed by atoms with van der Waals surface area (Å²) in [5, 5.41) is 0. The normalized spacial score (nSPS) is 17.5. The maximum Gasteiger partial charge on any atom is 0.418 e. The zero-order valence-corrected chi connectivity index (χ0v) is 16.0. The molecule has 0 saturated heterocycles. The first kappa shape index (κ1) is 14.8. The number of aromatic nitrogens is 2. The van der Waals surface area contributed by atoms with Gasteiger partial charge in [0.15, 0.2) is 0 Å². The van der Waals surface area contributed by atoms with Gasteiger partial charge in [-0.05, 0) is 50.2 Å². The van der Waals surface area contributed by atoms with Gasteiger partial charge in [-0.3, -0.25) is 0 Å². The Morgan fingerprint density at radius 1 is 0.536 bits per heavy atom. The molecular weight excluding hydrogens is 340 g/mol. The van der Waals surface area contributed by atoms with E-state index in [1.54, 1.807) is 0 Å². The molecule has 2 aromatic carbocycles. The minimum atomic E-state index is -0.333. The fourth-order valence-electron chi connectivity index (χ4n) is 5.99. The Morgan fingerprint density at radius 3 is 1.50 bits per heavy atom. The third-order valence-electron chi connectivity index (χ3n) is 7.07. The molecule has 2 heteroatoms. The van der Waals surface area contributed by atoms with E-state index in [9.17, 15) is 0 Å². The van der Waals surface area contributed by atoms with Crippen molar-refractivity contribution in [3.05, 3.63) is 107 Å². The minimum absolute atomic E-state index is 0.0837. The van der Waals surface area contributed by atoms with E-state index in [1.807, 2.05) is 0 Å². The average molecular weight is 360 g/mol. The van der Waals surface area contributed by atoms with Gasteiger partial charge in [-0.1, -0.05) is 24.3 Å². The Balaban J connectivity index is 1.83. The molecule has 3 aliphatic heterocycles. The molecule has 0 amide bonds. The van der Waals surface area contributed by atoms with Crippen LogP contribution >= 0.6 is 0 Å². The SMILES string of the molecule is CC1(C)c2cccc3[n+]2C2(c4ccccc4-3)c3ccccc3-c3cccc1[n+]32. The van der Waals surface area contributed by atoms with Crippen LogP contribution in [-0.4, -0.2) is 0 Å². The number of hydrogen-bond donors (Lipinski definition) is 0. The maximum absolute atomic E-state index is 2.61. The molecule has 0 saturated carbocycles. The van der Waals surface area contributed by atoms with Crippen molar-refractivity contribution in [3.63, 3.8) is 0 Å². The Hall–Kier alpha value is -3.26. The van der Waals surface area contributed by atoms with Gasteiger partial charge < -0.3 is 0 Å². The summed E-state index contributed by atoms with van der Waals surface area (Å²) in [4.78, 5) is 0. The molecule has 0 bridgehead atoms. The van der Waals surface area contributed by atoms with E-state index in [-0.39, 0.29) is 11.1 Å². The Morgan fingerprint density at radius 2 is 1.00 bits per heavy atom. The van der Waals surface area contributed by atoms with Crippen LogP contribution in [0.2, 0.25) is 0 Å². The van der Waals surface area contributed by atoms with Crippen LogP contribution in [0.5, 0.6) is 0 Å². The molecule has 0 aliphatic carbocycles. The summed E-state index contributed by atoms with van der Waals surface area (Å²) in [6.07, 6.45) is 0. The zero-order valence-electron chi connectivity index (χ0n) is 16.0. The molecule has 0 fully saturated rings. The third-order valence-corrected chi connectivity index (χ3v) is 7.07. The van der Waals surface area contributed by atoms with Crippen LogP contribution < -0.4 is 9.13 Å². The van der Waals surface area contributed by atoms with E-state index in [2.05, 4.69) is 108 Å². The molecule has 0 atom stereocenters. The fourth-order valence-corrected chi connectivity index (χ4v) is 5.99. The molecule has 0 radical (unpaired) electrons. The Kier molecular flexibility index (Phi) is 2.33. The molecule has 2 aromatic heterocycles. The second kappa shape index (κ2) is 4.41. The number of benzene rings is 2. The largest absolute Gasteiger partial charge is 0.418 e. The standard InChI is InChI=1S/C26H20N2/c1-25(2)23-15-7-13-21-17-9-3-5-11-19(17)26(27(21)23)20-12-6-4-10-18(20)22-14-8-16-24(25)28(22)26/h3-16H,1-2H3/q+2. The molecule has 0 unspecified atom stereocenters. The summed E-state index contributed by atoms with van der Waals surface area (Å²) in [6, 6.07) is 31.5. The summed E-state index contributed by atoms with van der Waals surface area (Å²) in [5.41, 5.74) is 10.4. The van der Waals surface area contributed by atoms with Crippen molar-refractivity contribution in [2.45, 2.75) is 24.9 Å². The molecule has 1 spiro atoms. The highest BCUT2D eigenvalue weighted by Crippen LogP contribution is 2.51. The molecular formula is C26H20N2+2. The van der Waals surface area contributed by atoms with Gasteiger partial charge in [-0.15, -0.1) is 9.13 Å². The zero-order chi connectivity index (χ0) is 18.7. The summed E-state index contributed by atoms with van der Waals surface area (Å²) < 4.78 is 5.22. The van der Waals surface area contributed by atoms with Crippen LogP contribution in [-0.2, 0) is 11.1 Å². The Bertz CT molecular complexity index is 1240. The highest BCUT2D eigenvalue weighted by molar-refractivity contribution is 5.74. The molecule has 28 heavy (non-hydrogen) atoms. The number of fused-ring (bicyclic) bond motifs is 4. The van der Waals surface area contributed by atoms with Gasteiger partial charge in [-0.2, -0.15) is 0 Å². The van der Waals surface area contributed by atoms with Gasteiger partial charge in [-0.25, -0.2) is 0 Å². The maximum atomic E-state index is 2.61. The third kappa shape index (κ3) is 1.31. The van der Waals surface area contributed by atoms with Gasteiger partial charge in [0.05, 0.1) is 11.1 Å². The van der Waals surface area contributed by atoms with E-state index < -0.39 is 0 Å². The second-order valence-corrected chi connectivity index (χ2v) is 8.65. The van der Waals surface area contributed by atoms with Gasteiger partial charge in [0, 0.05) is 24.3 Å². The summed E-state index contributed by atoms with van der Waals surface area (Å²) in [6.45, 7) is 4.71. The molecule has 132 valence electrons. The van der Waals surface area contributed by atoms with Crippen LogP contribution in [0.15, 0.2) is 84.9 Å². The summed E-state index contributed by atoms with van der Waals surface area (Å²) >= 11 is 0. The van der Waals surface area contributed by atoms with E-state index >= 15 is 0 Å².